The molecule has 0 aromatic carbocycles. The highest BCUT2D eigenvalue weighted by Crippen LogP contribution is 2.34. The largest absolute Gasteiger partial charge is 0.376 e. The van der Waals surface area contributed by atoms with E-state index in [1.165, 1.54) is 6.42 Å². The van der Waals surface area contributed by atoms with Crippen molar-refractivity contribution in [2.45, 2.75) is 31.8 Å². The second kappa shape index (κ2) is 4.14. The summed E-state index contributed by atoms with van der Waals surface area (Å²) in [7, 11) is 1.78. The number of ether oxygens (including phenoxy) is 1. The number of rotatable bonds is 4. The van der Waals surface area contributed by atoms with Crippen molar-refractivity contribution in [1.82, 2.24) is 9.97 Å². The number of methoxy groups -OCH3 is 1. The molecule has 0 radical (unpaired) electrons. The Hall–Kier alpha value is -1.16. The van der Waals surface area contributed by atoms with Crippen molar-refractivity contribution in [3.05, 3.63) is 18.1 Å². The van der Waals surface area contributed by atoms with Crippen LogP contribution in [0.2, 0.25) is 0 Å². The molecule has 2 rings (SSSR count). The highest BCUT2D eigenvalue weighted by Gasteiger charge is 2.36. The van der Waals surface area contributed by atoms with Gasteiger partial charge in [0.2, 0.25) is 0 Å². The lowest BCUT2D eigenvalue weighted by atomic mass is 9.80. The van der Waals surface area contributed by atoms with Gasteiger partial charge in [0, 0.05) is 25.4 Å². The average Bonchev–Trinajstić information content (AvgIpc) is 2.17. The zero-order valence-electron chi connectivity index (χ0n) is 9.29. The van der Waals surface area contributed by atoms with E-state index in [4.69, 9.17) is 4.74 Å². The Labute approximate surface area is 90.1 Å². The van der Waals surface area contributed by atoms with Gasteiger partial charge in [0.15, 0.2) is 0 Å². The number of aromatic nitrogens is 2. The normalized spacial score (nSPS) is 18.3. The summed E-state index contributed by atoms with van der Waals surface area (Å²) in [5, 5.41) is 3.30. The fourth-order valence-corrected chi connectivity index (χ4v) is 1.83. The van der Waals surface area contributed by atoms with Gasteiger partial charge in [0.1, 0.15) is 12.1 Å². The molecule has 1 aliphatic rings. The summed E-state index contributed by atoms with van der Waals surface area (Å²) < 4.78 is 5.52. The monoisotopic (exact) mass is 207 g/mol. The summed E-state index contributed by atoms with van der Waals surface area (Å²) in [5.74, 6) is 0.880. The third-order valence-electron chi connectivity index (χ3n) is 3.09. The minimum absolute atomic E-state index is 0.0405. The van der Waals surface area contributed by atoms with Gasteiger partial charge in [0.05, 0.1) is 5.60 Å². The number of hydrogen-bond donors (Lipinski definition) is 1. The number of nitrogens with zero attached hydrogens (tertiary/aromatic N) is 2. The summed E-state index contributed by atoms with van der Waals surface area (Å²) in [6.45, 7) is 2.79. The van der Waals surface area contributed by atoms with Crippen LogP contribution in [0.3, 0.4) is 0 Å². The maximum absolute atomic E-state index is 5.52. The Morgan fingerprint density at radius 2 is 2.27 bits per heavy atom. The molecule has 82 valence electrons. The van der Waals surface area contributed by atoms with Crippen LogP contribution in [0.1, 0.15) is 25.0 Å². The SMILES string of the molecule is COC1(CNc2cc(C)ncn2)CCC1. The first-order chi connectivity index (χ1) is 7.24. The van der Waals surface area contributed by atoms with E-state index in [0.29, 0.717) is 0 Å². The Morgan fingerprint density at radius 1 is 1.47 bits per heavy atom. The van der Waals surface area contributed by atoms with Gasteiger partial charge in [-0.05, 0) is 26.2 Å². The van der Waals surface area contributed by atoms with Crippen molar-refractivity contribution >= 4 is 5.82 Å². The van der Waals surface area contributed by atoms with Crippen molar-refractivity contribution in [2.24, 2.45) is 0 Å². The summed E-state index contributed by atoms with van der Waals surface area (Å²) in [6.07, 6.45) is 5.12. The molecule has 1 aliphatic carbocycles. The standard InChI is InChI=1S/C11H17N3O/c1-9-6-10(14-8-13-9)12-7-11(15-2)4-3-5-11/h6,8H,3-5,7H2,1-2H3,(H,12,13,14). The van der Waals surface area contributed by atoms with E-state index in [-0.39, 0.29) is 5.60 Å². The molecule has 1 N–H and O–H groups in total. The molecule has 0 unspecified atom stereocenters. The summed E-state index contributed by atoms with van der Waals surface area (Å²) in [4.78, 5) is 8.21. The lowest BCUT2D eigenvalue weighted by Gasteiger charge is -2.40. The van der Waals surface area contributed by atoms with Crippen LogP contribution in [0, 0.1) is 6.92 Å². The van der Waals surface area contributed by atoms with E-state index in [9.17, 15) is 0 Å². The molecular formula is C11H17N3O. The topological polar surface area (TPSA) is 47.0 Å². The third-order valence-corrected chi connectivity index (χ3v) is 3.09. The quantitative estimate of drug-likeness (QED) is 0.817. The van der Waals surface area contributed by atoms with E-state index >= 15 is 0 Å². The minimum atomic E-state index is 0.0405. The molecule has 0 amide bonds. The van der Waals surface area contributed by atoms with Crippen molar-refractivity contribution in [1.29, 1.82) is 0 Å². The molecular weight excluding hydrogens is 190 g/mol. The van der Waals surface area contributed by atoms with E-state index in [1.54, 1.807) is 13.4 Å². The number of aryl methyl sites for hydroxylation is 1. The van der Waals surface area contributed by atoms with Gasteiger partial charge in [-0.2, -0.15) is 0 Å². The predicted octanol–water partition coefficient (Wildman–Crippen LogP) is 1.77. The molecule has 15 heavy (non-hydrogen) atoms. The van der Waals surface area contributed by atoms with Crippen molar-refractivity contribution < 1.29 is 4.74 Å². The van der Waals surface area contributed by atoms with Gasteiger partial charge in [-0.25, -0.2) is 9.97 Å². The van der Waals surface area contributed by atoms with Crippen LogP contribution in [-0.4, -0.2) is 29.2 Å². The third kappa shape index (κ3) is 2.26. The summed E-state index contributed by atoms with van der Waals surface area (Å²) in [6, 6.07) is 1.95. The average molecular weight is 207 g/mol. The highest BCUT2D eigenvalue weighted by molar-refractivity contribution is 5.35. The van der Waals surface area contributed by atoms with Gasteiger partial charge in [-0.3, -0.25) is 0 Å². The maximum atomic E-state index is 5.52. The van der Waals surface area contributed by atoms with E-state index in [0.717, 1.165) is 30.9 Å². The Bertz CT molecular complexity index is 331. The molecule has 1 heterocycles. The second-order valence-corrected chi connectivity index (χ2v) is 4.14. The molecule has 4 heteroatoms. The van der Waals surface area contributed by atoms with Gasteiger partial charge >= 0.3 is 0 Å². The first-order valence-electron chi connectivity index (χ1n) is 5.32. The van der Waals surface area contributed by atoms with E-state index in [1.807, 2.05) is 13.0 Å². The maximum Gasteiger partial charge on any atom is 0.129 e. The van der Waals surface area contributed by atoms with Crippen LogP contribution >= 0.6 is 0 Å². The number of nitrogens with one attached hydrogen (secondary N) is 1. The molecule has 1 fully saturated rings. The molecule has 1 saturated carbocycles. The number of hydrogen-bond acceptors (Lipinski definition) is 4. The van der Waals surface area contributed by atoms with Gasteiger partial charge < -0.3 is 10.1 Å². The molecule has 0 spiro atoms. The smallest absolute Gasteiger partial charge is 0.129 e. The summed E-state index contributed by atoms with van der Waals surface area (Å²) in [5.41, 5.74) is 1.02. The lowest BCUT2D eigenvalue weighted by Crippen LogP contribution is -2.45. The van der Waals surface area contributed by atoms with Crippen LogP contribution < -0.4 is 5.32 Å². The van der Waals surface area contributed by atoms with Gasteiger partial charge in [-0.15, -0.1) is 0 Å². The molecule has 1 aromatic rings. The van der Waals surface area contributed by atoms with Crippen LogP contribution in [0.25, 0.3) is 0 Å². The molecule has 0 atom stereocenters. The Morgan fingerprint density at radius 3 is 2.80 bits per heavy atom. The minimum Gasteiger partial charge on any atom is -0.376 e. The molecule has 0 saturated heterocycles. The zero-order valence-corrected chi connectivity index (χ0v) is 9.29. The second-order valence-electron chi connectivity index (χ2n) is 4.14. The highest BCUT2D eigenvalue weighted by atomic mass is 16.5. The predicted molar refractivity (Wildman–Crippen MR) is 58.8 cm³/mol. The van der Waals surface area contributed by atoms with Crippen molar-refractivity contribution in [3.63, 3.8) is 0 Å². The fraction of sp³-hybridized carbons (Fsp3) is 0.636. The Balaban J connectivity index is 1.92. The first-order valence-corrected chi connectivity index (χ1v) is 5.32. The fourth-order valence-electron chi connectivity index (χ4n) is 1.83. The lowest BCUT2D eigenvalue weighted by molar-refractivity contribution is -0.0601. The van der Waals surface area contributed by atoms with E-state index < -0.39 is 0 Å². The van der Waals surface area contributed by atoms with Crippen molar-refractivity contribution in [2.75, 3.05) is 19.0 Å². The molecule has 1 aromatic heterocycles. The van der Waals surface area contributed by atoms with Crippen molar-refractivity contribution in [3.8, 4) is 0 Å². The van der Waals surface area contributed by atoms with Crippen LogP contribution in [0.4, 0.5) is 5.82 Å². The first kappa shape index (κ1) is 10.4. The molecule has 0 aliphatic heterocycles. The zero-order chi connectivity index (χ0) is 10.7. The van der Waals surface area contributed by atoms with Crippen LogP contribution in [-0.2, 0) is 4.74 Å². The van der Waals surface area contributed by atoms with Gasteiger partial charge in [-0.1, -0.05) is 0 Å². The molecule has 4 nitrogen and oxygen atoms in total. The summed E-state index contributed by atoms with van der Waals surface area (Å²) >= 11 is 0. The molecule has 0 bridgehead atoms. The van der Waals surface area contributed by atoms with Gasteiger partial charge in [0.25, 0.3) is 0 Å². The van der Waals surface area contributed by atoms with E-state index in [2.05, 4.69) is 15.3 Å². The Kier molecular flexibility index (Phi) is 2.86. The number of anilines is 1. The van der Waals surface area contributed by atoms with Crippen LogP contribution in [0.5, 0.6) is 0 Å². The van der Waals surface area contributed by atoms with Crippen LogP contribution in [0.15, 0.2) is 12.4 Å².